The van der Waals surface area contributed by atoms with Gasteiger partial charge in [0.2, 0.25) is 23.6 Å². The SMILES string of the molecule is Cc1nc(-c2ccc(C(C)(C)C)cc2)nc(C)c1C(=O)NC(CCN)C(=O)N(C)C1C(=O)NC(C)C(=O)NC(C(=O)NCC#N)Cc2ccc(O)c(c2)-c2cc1ccc2OCCN. The van der Waals surface area contributed by atoms with Gasteiger partial charge in [-0.2, -0.15) is 5.26 Å². The van der Waals surface area contributed by atoms with Crippen LogP contribution in [0.15, 0.2) is 60.7 Å². The summed E-state index contributed by atoms with van der Waals surface area (Å²) in [6.45, 7) is 11.1. The van der Waals surface area contributed by atoms with E-state index in [1.807, 2.05) is 30.3 Å². The third-order valence-corrected chi connectivity index (χ3v) is 10.8. The molecule has 2 heterocycles. The van der Waals surface area contributed by atoms with E-state index in [0.29, 0.717) is 34.1 Å². The Labute approximate surface area is 367 Å². The van der Waals surface area contributed by atoms with E-state index in [1.54, 1.807) is 44.2 Å². The molecular weight excluding hydrogens is 805 g/mol. The summed E-state index contributed by atoms with van der Waals surface area (Å²) in [5.74, 6) is -2.86. The number of aryl methyl sites for hydroxylation is 2. The number of ether oxygens (including phenoxy) is 1. The molecule has 0 saturated heterocycles. The van der Waals surface area contributed by atoms with E-state index in [1.165, 1.54) is 20.0 Å². The number of nitrogens with one attached hydrogen (secondary N) is 4. The number of fused-ring (bicyclic) bond motifs is 5. The lowest BCUT2D eigenvalue weighted by Crippen LogP contribution is -2.56. The maximum absolute atomic E-state index is 14.6. The topological polar surface area (TPSA) is 268 Å². The highest BCUT2D eigenvalue weighted by molar-refractivity contribution is 6.00. The summed E-state index contributed by atoms with van der Waals surface area (Å²) >= 11 is 0. The Morgan fingerprint density at radius 3 is 2.27 bits per heavy atom. The van der Waals surface area contributed by atoms with Crippen LogP contribution in [0.5, 0.6) is 11.5 Å². The van der Waals surface area contributed by atoms with Gasteiger partial charge < -0.3 is 47.5 Å². The molecule has 0 aliphatic carbocycles. The average Bonchev–Trinajstić information content (AvgIpc) is 3.24. The molecule has 0 spiro atoms. The molecule has 5 amide bonds. The van der Waals surface area contributed by atoms with Gasteiger partial charge in [0, 0.05) is 36.7 Å². The quantitative estimate of drug-likeness (QED) is 0.101. The highest BCUT2D eigenvalue weighted by Gasteiger charge is 2.36. The zero-order chi connectivity index (χ0) is 46.2. The number of likely N-dealkylation sites (N-methyl/N-ethyl adjacent to an activating group) is 1. The number of aromatic hydroxyl groups is 1. The third-order valence-electron chi connectivity index (χ3n) is 10.8. The monoisotopic (exact) mass is 860 g/mol. The van der Waals surface area contributed by atoms with Crippen molar-refractivity contribution in [3.63, 3.8) is 0 Å². The van der Waals surface area contributed by atoms with E-state index < -0.39 is 53.7 Å². The number of nitrogens with zero attached hydrogens (tertiary/aromatic N) is 4. The second-order valence-corrected chi connectivity index (χ2v) is 16.5. The number of carbonyl (C=O) groups excluding carboxylic acids is 5. The summed E-state index contributed by atoms with van der Waals surface area (Å²) in [7, 11) is 1.39. The first kappa shape index (κ1) is 47.2. The summed E-state index contributed by atoms with van der Waals surface area (Å²) in [6, 6.07) is 14.1. The Bertz CT molecular complexity index is 2380. The predicted molar refractivity (Wildman–Crippen MR) is 236 cm³/mol. The van der Waals surface area contributed by atoms with Gasteiger partial charge in [0.05, 0.1) is 23.0 Å². The molecule has 1 aliphatic heterocycles. The fraction of sp³-hybridized carbons (Fsp3) is 0.391. The van der Waals surface area contributed by atoms with Crippen molar-refractivity contribution >= 4 is 29.5 Å². The fourth-order valence-corrected chi connectivity index (χ4v) is 7.37. The van der Waals surface area contributed by atoms with Crippen LogP contribution >= 0.6 is 0 Å². The molecular formula is C46H56N10O7. The molecule has 332 valence electrons. The van der Waals surface area contributed by atoms with Crippen LogP contribution in [0.2, 0.25) is 0 Å². The normalized spacial score (nSPS) is 16.9. The Morgan fingerprint density at radius 1 is 0.968 bits per heavy atom. The summed E-state index contributed by atoms with van der Waals surface area (Å²) in [4.78, 5) is 80.3. The molecule has 4 bridgehead atoms. The minimum Gasteiger partial charge on any atom is -0.507 e. The number of rotatable bonds is 12. The number of hydrogen-bond acceptors (Lipinski definition) is 12. The minimum absolute atomic E-state index is 0.00733. The Kier molecular flexibility index (Phi) is 15.2. The first-order valence-corrected chi connectivity index (χ1v) is 20.7. The second kappa shape index (κ2) is 20.3. The molecule has 1 aliphatic rings. The summed E-state index contributed by atoms with van der Waals surface area (Å²) in [5, 5.41) is 30.9. The highest BCUT2D eigenvalue weighted by Crippen LogP contribution is 2.39. The number of benzene rings is 3. The standard InChI is InChI=1S/C46H56N10O7/c1-25-38(26(2)52-40(51-25)29-9-12-31(13-10-29)46(4,5)6)43(60)54-34(16-17-47)45(62)56(7)39-30-11-15-37(63-21-19-49)33(24-30)32-22-28(8-14-36(32)57)23-35(42(59)50-20-18-48)55-41(58)27(3)53-44(39)61/h8-15,22,24,27,34-35,39,57H,16-17,19-21,23,47,49H2,1-7H3,(H,50,59)(H,53,61)(H,54,60)(H,55,58). The molecule has 0 radical (unpaired) electrons. The lowest BCUT2D eigenvalue weighted by molar-refractivity contribution is -0.141. The number of aromatic nitrogens is 2. The Hall–Kier alpha value is -6.90. The van der Waals surface area contributed by atoms with Crippen LogP contribution in [0.3, 0.4) is 0 Å². The van der Waals surface area contributed by atoms with Crippen LogP contribution in [-0.2, 0) is 31.0 Å². The number of nitriles is 1. The van der Waals surface area contributed by atoms with Crippen molar-refractivity contribution in [2.75, 3.05) is 33.3 Å². The van der Waals surface area contributed by atoms with Gasteiger partial charge in [0.25, 0.3) is 5.91 Å². The Morgan fingerprint density at radius 2 is 1.65 bits per heavy atom. The lowest BCUT2D eigenvalue weighted by atomic mass is 9.86. The van der Waals surface area contributed by atoms with E-state index in [2.05, 4.69) is 52.0 Å². The van der Waals surface area contributed by atoms with Gasteiger partial charge in [-0.1, -0.05) is 57.2 Å². The molecule has 3 aromatic carbocycles. The van der Waals surface area contributed by atoms with Crippen LogP contribution in [0.25, 0.3) is 22.5 Å². The molecule has 17 heteroatoms. The molecule has 5 rings (SSSR count). The molecule has 63 heavy (non-hydrogen) atoms. The van der Waals surface area contributed by atoms with Crippen molar-refractivity contribution < 1.29 is 33.8 Å². The van der Waals surface area contributed by atoms with Crippen LogP contribution in [0.1, 0.15) is 78.6 Å². The smallest absolute Gasteiger partial charge is 0.255 e. The second-order valence-electron chi connectivity index (χ2n) is 16.5. The van der Waals surface area contributed by atoms with Crippen LogP contribution < -0.4 is 37.5 Å². The van der Waals surface area contributed by atoms with Gasteiger partial charge in [0.15, 0.2) is 5.82 Å². The predicted octanol–water partition coefficient (Wildman–Crippen LogP) is 2.60. The van der Waals surface area contributed by atoms with Gasteiger partial charge in [-0.05, 0) is 80.1 Å². The Balaban J connectivity index is 1.53. The average molecular weight is 861 g/mol. The lowest BCUT2D eigenvalue weighted by Gasteiger charge is -2.32. The van der Waals surface area contributed by atoms with Crippen LogP contribution in [0, 0.1) is 25.2 Å². The molecule has 4 aromatic rings. The molecule has 1 aromatic heterocycles. The van der Waals surface area contributed by atoms with Crippen molar-refractivity contribution in [2.45, 2.75) is 84.0 Å². The van der Waals surface area contributed by atoms with Crippen LogP contribution in [-0.4, -0.2) is 101 Å². The number of phenols is 1. The van der Waals surface area contributed by atoms with E-state index in [-0.39, 0.29) is 66.9 Å². The van der Waals surface area contributed by atoms with Crippen LogP contribution in [0.4, 0.5) is 0 Å². The van der Waals surface area contributed by atoms with E-state index in [9.17, 15) is 29.1 Å². The van der Waals surface area contributed by atoms with Crippen molar-refractivity contribution in [1.82, 2.24) is 36.1 Å². The number of carbonyl (C=O) groups is 5. The highest BCUT2D eigenvalue weighted by atomic mass is 16.5. The first-order valence-electron chi connectivity index (χ1n) is 20.7. The molecule has 4 unspecified atom stereocenters. The fourth-order valence-electron chi connectivity index (χ4n) is 7.37. The minimum atomic E-state index is -1.43. The zero-order valence-electron chi connectivity index (χ0n) is 36.7. The third kappa shape index (κ3) is 11.1. The van der Waals surface area contributed by atoms with Crippen molar-refractivity contribution in [1.29, 1.82) is 5.26 Å². The number of amides is 5. The molecule has 0 saturated carbocycles. The molecule has 4 atom stereocenters. The zero-order valence-corrected chi connectivity index (χ0v) is 36.7. The van der Waals surface area contributed by atoms with Crippen molar-refractivity contribution in [3.05, 3.63) is 94.3 Å². The van der Waals surface area contributed by atoms with Crippen molar-refractivity contribution in [3.8, 4) is 40.1 Å². The largest absolute Gasteiger partial charge is 0.507 e. The van der Waals surface area contributed by atoms with Gasteiger partial charge >= 0.3 is 0 Å². The number of phenolic OH excluding ortho intramolecular Hbond substituents is 1. The maximum atomic E-state index is 14.6. The summed E-state index contributed by atoms with van der Waals surface area (Å²) in [6.07, 6.45) is -0.0449. The van der Waals surface area contributed by atoms with Gasteiger partial charge in [-0.15, -0.1) is 0 Å². The van der Waals surface area contributed by atoms with Gasteiger partial charge in [-0.3, -0.25) is 24.0 Å². The number of nitrogens with two attached hydrogens (primary N) is 2. The summed E-state index contributed by atoms with van der Waals surface area (Å²) in [5.41, 5.74) is 16.0. The maximum Gasteiger partial charge on any atom is 0.255 e. The molecule has 0 fully saturated rings. The van der Waals surface area contributed by atoms with E-state index in [4.69, 9.17) is 21.5 Å². The van der Waals surface area contributed by atoms with Gasteiger partial charge in [0.1, 0.15) is 48.8 Å². The van der Waals surface area contributed by atoms with E-state index >= 15 is 0 Å². The molecule has 17 nitrogen and oxygen atoms in total. The first-order chi connectivity index (χ1) is 29.9. The van der Waals surface area contributed by atoms with Crippen molar-refractivity contribution in [2.24, 2.45) is 11.5 Å². The molecule has 9 N–H and O–H groups in total. The summed E-state index contributed by atoms with van der Waals surface area (Å²) < 4.78 is 5.98. The van der Waals surface area contributed by atoms with E-state index in [0.717, 1.165) is 16.0 Å². The number of hydrogen-bond donors (Lipinski definition) is 7. The van der Waals surface area contributed by atoms with Gasteiger partial charge in [-0.25, -0.2) is 9.97 Å².